The highest BCUT2D eigenvalue weighted by Crippen LogP contribution is 2.19. The molecule has 7 nitrogen and oxygen atoms in total. The minimum atomic E-state index is -0.709. The van der Waals surface area contributed by atoms with Crippen LogP contribution in [0.1, 0.15) is 36.9 Å². The van der Waals surface area contributed by atoms with E-state index in [-0.39, 0.29) is 24.3 Å². The van der Waals surface area contributed by atoms with Gasteiger partial charge in [0.05, 0.1) is 17.1 Å². The second-order valence-electron chi connectivity index (χ2n) is 5.94. The van der Waals surface area contributed by atoms with Crippen LogP contribution >= 0.6 is 11.3 Å². The third-order valence-electron chi connectivity index (χ3n) is 3.82. The van der Waals surface area contributed by atoms with E-state index in [1.165, 1.54) is 19.0 Å². The summed E-state index contributed by atoms with van der Waals surface area (Å²) in [5.74, 6) is -0.173. The summed E-state index contributed by atoms with van der Waals surface area (Å²) in [6.45, 7) is 4.66. The molecule has 126 valence electrons. The fourth-order valence-corrected chi connectivity index (χ4v) is 3.23. The number of urea groups is 1. The monoisotopic (exact) mass is 338 g/mol. The number of hydrogen-bond acceptors (Lipinski definition) is 5. The van der Waals surface area contributed by atoms with Crippen molar-refractivity contribution in [2.75, 3.05) is 20.6 Å². The van der Waals surface area contributed by atoms with E-state index in [9.17, 15) is 14.4 Å². The van der Waals surface area contributed by atoms with Crippen molar-refractivity contribution in [3.63, 3.8) is 0 Å². The van der Waals surface area contributed by atoms with Gasteiger partial charge < -0.3 is 10.2 Å². The molecular formula is C15H22N4O3S. The first-order valence-corrected chi connectivity index (χ1v) is 8.44. The number of aromatic nitrogens is 1. The molecule has 1 aliphatic rings. The SMILES string of the molecule is CC(C)c1nc(CCNC(=O)C[C@H]2C(=O)N(C)C(=O)N2C)cs1. The molecule has 1 atom stereocenters. The average Bonchev–Trinajstić information content (AvgIpc) is 3.04. The first kappa shape index (κ1) is 17.4. The Hall–Kier alpha value is -1.96. The van der Waals surface area contributed by atoms with Gasteiger partial charge >= 0.3 is 6.03 Å². The van der Waals surface area contributed by atoms with Crippen LogP contribution in [-0.4, -0.2) is 59.3 Å². The highest BCUT2D eigenvalue weighted by molar-refractivity contribution is 7.09. The van der Waals surface area contributed by atoms with Gasteiger partial charge in [0.15, 0.2) is 0 Å². The van der Waals surface area contributed by atoms with Gasteiger partial charge in [0.1, 0.15) is 6.04 Å². The summed E-state index contributed by atoms with van der Waals surface area (Å²) in [5, 5.41) is 5.88. The summed E-state index contributed by atoms with van der Waals surface area (Å²) in [6, 6.07) is -1.09. The number of nitrogens with one attached hydrogen (secondary N) is 1. The van der Waals surface area contributed by atoms with E-state index in [4.69, 9.17) is 0 Å². The van der Waals surface area contributed by atoms with E-state index in [1.807, 2.05) is 5.38 Å². The second-order valence-corrected chi connectivity index (χ2v) is 6.83. The molecule has 1 aromatic heterocycles. The van der Waals surface area contributed by atoms with Crippen molar-refractivity contribution in [3.05, 3.63) is 16.1 Å². The molecule has 1 fully saturated rings. The number of rotatable bonds is 6. The Labute approximate surface area is 139 Å². The zero-order valence-electron chi connectivity index (χ0n) is 13.8. The van der Waals surface area contributed by atoms with Crippen molar-refractivity contribution < 1.29 is 14.4 Å². The minimum absolute atomic E-state index is 0.0142. The molecule has 0 bridgehead atoms. The van der Waals surface area contributed by atoms with E-state index in [0.717, 1.165) is 15.6 Å². The predicted octanol–water partition coefficient (Wildman–Crippen LogP) is 1.21. The fraction of sp³-hybridized carbons (Fsp3) is 0.600. The first-order chi connectivity index (χ1) is 10.8. The number of carbonyl (C=O) groups excluding carboxylic acids is 3. The lowest BCUT2D eigenvalue weighted by molar-refractivity contribution is -0.131. The molecule has 1 aliphatic heterocycles. The second kappa shape index (κ2) is 7.08. The summed E-state index contributed by atoms with van der Waals surface area (Å²) in [7, 11) is 2.96. The smallest absolute Gasteiger partial charge is 0.326 e. The molecule has 0 aliphatic carbocycles. The molecular weight excluding hydrogens is 316 g/mol. The first-order valence-electron chi connectivity index (χ1n) is 7.56. The Kier molecular flexibility index (Phi) is 5.35. The van der Waals surface area contributed by atoms with Gasteiger partial charge in [0, 0.05) is 38.4 Å². The van der Waals surface area contributed by atoms with Crippen molar-refractivity contribution in [3.8, 4) is 0 Å². The van der Waals surface area contributed by atoms with Crippen molar-refractivity contribution in [2.24, 2.45) is 0 Å². The van der Waals surface area contributed by atoms with E-state index in [1.54, 1.807) is 11.3 Å². The fourth-order valence-electron chi connectivity index (χ4n) is 2.36. The number of amides is 4. The number of imide groups is 1. The van der Waals surface area contributed by atoms with E-state index >= 15 is 0 Å². The van der Waals surface area contributed by atoms with Gasteiger partial charge in [0.2, 0.25) is 5.91 Å². The Balaban J connectivity index is 1.79. The maximum Gasteiger partial charge on any atom is 0.326 e. The summed E-state index contributed by atoms with van der Waals surface area (Å²) in [4.78, 5) is 42.4. The number of thiazole rings is 1. The third kappa shape index (κ3) is 3.87. The lowest BCUT2D eigenvalue weighted by atomic mass is 10.2. The third-order valence-corrected chi connectivity index (χ3v) is 5.01. The zero-order valence-corrected chi connectivity index (χ0v) is 14.6. The van der Waals surface area contributed by atoms with Gasteiger partial charge in [-0.25, -0.2) is 9.78 Å². The topological polar surface area (TPSA) is 82.6 Å². The summed E-state index contributed by atoms with van der Waals surface area (Å²) in [6.07, 6.45) is 0.641. The lowest BCUT2D eigenvalue weighted by Crippen LogP contribution is -2.37. The van der Waals surface area contributed by atoms with E-state index in [2.05, 4.69) is 24.1 Å². The van der Waals surface area contributed by atoms with Crippen LogP contribution in [0.25, 0.3) is 0 Å². The highest BCUT2D eigenvalue weighted by Gasteiger charge is 2.41. The Morgan fingerprint density at radius 3 is 2.61 bits per heavy atom. The molecule has 0 spiro atoms. The minimum Gasteiger partial charge on any atom is -0.356 e. The number of nitrogens with zero attached hydrogens (tertiary/aromatic N) is 3. The van der Waals surface area contributed by atoms with Crippen molar-refractivity contribution in [1.29, 1.82) is 0 Å². The quantitative estimate of drug-likeness (QED) is 0.790. The largest absolute Gasteiger partial charge is 0.356 e. The number of hydrogen-bond donors (Lipinski definition) is 1. The van der Waals surface area contributed by atoms with Gasteiger partial charge in [-0.3, -0.25) is 14.5 Å². The molecule has 0 aromatic carbocycles. The van der Waals surface area contributed by atoms with E-state index in [0.29, 0.717) is 18.9 Å². The van der Waals surface area contributed by atoms with Crippen LogP contribution in [-0.2, 0) is 16.0 Å². The highest BCUT2D eigenvalue weighted by atomic mass is 32.1. The molecule has 2 rings (SSSR count). The van der Waals surface area contributed by atoms with Gasteiger partial charge in [-0.2, -0.15) is 0 Å². The zero-order chi connectivity index (χ0) is 17.1. The Morgan fingerprint density at radius 2 is 2.09 bits per heavy atom. The molecule has 4 amide bonds. The molecule has 1 saturated heterocycles. The molecule has 1 aromatic rings. The van der Waals surface area contributed by atoms with Gasteiger partial charge in [-0.15, -0.1) is 11.3 Å². The molecule has 0 unspecified atom stereocenters. The summed E-state index contributed by atoms with van der Waals surface area (Å²) >= 11 is 1.63. The van der Waals surface area contributed by atoms with Gasteiger partial charge in [0.25, 0.3) is 5.91 Å². The summed E-state index contributed by atoms with van der Waals surface area (Å²) < 4.78 is 0. The van der Waals surface area contributed by atoms with Crippen LogP contribution in [0.15, 0.2) is 5.38 Å². The Bertz CT molecular complexity index is 614. The normalized spacial score (nSPS) is 18.2. The Morgan fingerprint density at radius 1 is 1.39 bits per heavy atom. The van der Waals surface area contributed by atoms with Crippen LogP contribution in [0, 0.1) is 0 Å². The lowest BCUT2D eigenvalue weighted by Gasteiger charge is -2.15. The molecule has 0 radical (unpaired) electrons. The van der Waals surface area contributed by atoms with Crippen LogP contribution in [0.3, 0.4) is 0 Å². The number of likely N-dealkylation sites (N-methyl/N-ethyl adjacent to an activating group) is 2. The van der Waals surface area contributed by atoms with Crippen molar-refractivity contribution >= 4 is 29.2 Å². The van der Waals surface area contributed by atoms with Crippen molar-refractivity contribution in [2.45, 2.75) is 38.6 Å². The molecule has 1 N–H and O–H groups in total. The van der Waals surface area contributed by atoms with Gasteiger partial charge in [-0.05, 0) is 0 Å². The van der Waals surface area contributed by atoms with Crippen LogP contribution in [0.2, 0.25) is 0 Å². The van der Waals surface area contributed by atoms with E-state index < -0.39 is 6.04 Å². The predicted molar refractivity (Wildman–Crippen MR) is 87.3 cm³/mol. The molecule has 2 heterocycles. The maximum atomic E-state index is 12.0. The maximum absolute atomic E-state index is 12.0. The average molecular weight is 338 g/mol. The van der Waals surface area contributed by atoms with Crippen LogP contribution in [0.5, 0.6) is 0 Å². The molecule has 8 heteroatoms. The van der Waals surface area contributed by atoms with Crippen LogP contribution < -0.4 is 5.32 Å². The van der Waals surface area contributed by atoms with Crippen molar-refractivity contribution in [1.82, 2.24) is 20.1 Å². The van der Waals surface area contributed by atoms with Gasteiger partial charge in [-0.1, -0.05) is 13.8 Å². The molecule has 23 heavy (non-hydrogen) atoms. The van der Waals surface area contributed by atoms with Crippen LogP contribution in [0.4, 0.5) is 4.79 Å². The number of carbonyl (C=O) groups is 3. The summed E-state index contributed by atoms with van der Waals surface area (Å²) in [5.41, 5.74) is 0.961. The molecule has 0 saturated carbocycles. The standard InChI is InChI=1S/C15H22N4O3S/c1-9(2)13-17-10(8-23-13)5-6-16-12(20)7-11-14(21)19(4)15(22)18(11)3/h8-9,11H,5-7H2,1-4H3,(H,16,20)/t11-/m0/s1.